The lowest BCUT2D eigenvalue weighted by Crippen LogP contribution is -2.58. The molecule has 0 spiro atoms. The Balaban J connectivity index is 3.07. The van der Waals surface area contributed by atoms with Crippen molar-refractivity contribution in [2.45, 2.75) is 63.7 Å². The summed E-state index contributed by atoms with van der Waals surface area (Å²) in [6.45, 7) is 3.75. The highest BCUT2D eigenvalue weighted by atomic mass is 32.2. The number of nitrogens with one attached hydrogen (secondary N) is 3. The fourth-order valence-electron chi connectivity index (χ4n) is 3.46. The summed E-state index contributed by atoms with van der Waals surface area (Å²) < 4.78 is 0. The highest BCUT2D eigenvalue weighted by Gasteiger charge is 2.30. The van der Waals surface area contributed by atoms with Crippen molar-refractivity contribution in [3.05, 3.63) is 29.8 Å². The number of carbonyl (C=O) groups is 4. The molecule has 0 bridgehead atoms. The maximum absolute atomic E-state index is 13.4. The Bertz CT molecular complexity index is 986. The molecule has 14 heteroatoms. The molecule has 0 aliphatic heterocycles. The highest BCUT2D eigenvalue weighted by molar-refractivity contribution is 7.98. The van der Waals surface area contributed by atoms with Gasteiger partial charge in [-0.2, -0.15) is 11.8 Å². The minimum absolute atomic E-state index is 0.0469. The topological polar surface area (TPSA) is 235 Å². The van der Waals surface area contributed by atoms with Crippen LogP contribution in [0.25, 0.3) is 0 Å². The first-order chi connectivity index (χ1) is 18.3. The van der Waals surface area contributed by atoms with Crippen LogP contribution in [0.15, 0.2) is 29.3 Å². The lowest BCUT2D eigenvalue weighted by atomic mass is 10.0. The van der Waals surface area contributed by atoms with Gasteiger partial charge in [0.05, 0.1) is 6.04 Å². The maximum Gasteiger partial charge on any atom is 0.326 e. The first-order valence-electron chi connectivity index (χ1n) is 12.6. The molecule has 218 valence electrons. The van der Waals surface area contributed by atoms with Crippen molar-refractivity contribution in [2.24, 2.45) is 28.1 Å². The van der Waals surface area contributed by atoms with Crippen molar-refractivity contribution < 1.29 is 29.4 Å². The second kappa shape index (κ2) is 17.1. The summed E-state index contributed by atoms with van der Waals surface area (Å²) in [4.78, 5) is 54.7. The van der Waals surface area contributed by atoms with Crippen LogP contribution in [-0.4, -0.2) is 82.6 Å². The van der Waals surface area contributed by atoms with Crippen LogP contribution in [0.4, 0.5) is 0 Å². The van der Waals surface area contributed by atoms with Crippen molar-refractivity contribution in [1.29, 1.82) is 0 Å². The number of hydrogen-bond donors (Lipinski definition) is 8. The third kappa shape index (κ3) is 12.7. The lowest BCUT2D eigenvalue weighted by Gasteiger charge is -2.26. The van der Waals surface area contributed by atoms with E-state index in [2.05, 4.69) is 20.9 Å². The highest BCUT2D eigenvalue weighted by Crippen LogP contribution is 2.13. The fourth-order valence-corrected chi connectivity index (χ4v) is 3.93. The number of guanidine groups is 1. The number of aliphatic carboxylic acids is 1. The molecule has 0 heterocycles. The standard InChI is InChI=1S/C25H41N7O6S/c1-14(2)20(26)23(36)32-19(13-15-6-8-16(33)9-7-15)22(35)30-17(10-12-39-3)21(34)31-18(24(37)38)5-4-11-29-25(27)28/h6-9,14,17-20,33H,4-5,10-13,26H2,1-3H3,(H,30,35)(H,31,34)(H,32,36)(H,37,38)(H4,27,28,29). The summed E-state index contributed by atoms with van der Waals surface area (Å²) in [5.41, 5.74) is 17.2. The molecular formula is C25H41N7O6S. The number of phenolic OH excluding ortho intramolecular Hbond substituents is 1. The number of carbonyl (C=O) groups excluding carboxylic acids is 3. The number of hydrogen-bond acceptors (Lipinski definition) is 8. The maximum atomic E-state index is 13.4. The number of nitrogens with two attached hydrogens (primary N) is 3. The Hall–Kier alpha value is -3.52. The van der Waals surface area contributed by atoms with Crippen LogP contribution in [0.3, 0.4) is 0 Å². The Morgan fingerprint density at radius 2 is 1.49 bits per heavy atom. The van der Waals surface area contributed by atoms with Crippen LogP contribution in [0.5, 0.6) is 5.75 Å². The van der Waals surface area contributed by atoms with E-state index in [1.54, 1.807) is 26.0 Å². The number of phenols is 1. The van der Waals surface area contributed by atoms with Gasteiger partial charge in [-0.15, -0.1) is 0 Å². The molecule has 11 N–H and O–H groups in total. The van der Waals surface area contributed by atoms with Crippen molar-refractivity contribution >= 4 is 41.4 Å². The molecule has 0 fully saturated rings. The predicted molar refractivity (Wildman–Crippen MR) is 151 cm³/mol. The summed E-state index contributed by atoms with van der Waals surface area (Å²) in [5, 5.41) is 27.0. The molecule has 4 atom stereocenters. The van der Waals surface area contributed by atoms with E-state index in [-0.39, 0.29) is 43.4 Å². The third-order valence-corrected chi connectivity index (χ3v) is 6.48. The lowest BCUT2D eigenvalue weighted by molar-refractivity contribution is -0.142. The molecule has 39 heavy (non-hydrogen) atoms. The number of rotatable bonds is 17. The molecule has 0 radical (unpaired) electrons. The van der Waals surface area contributed by atoms with Crippen molar-refractivity contribution in [1.82, 2.24) is 16.0 Å². The van der Waals surface area contributed by atoms with Crippen LogP contribution in [0.2, 0.25) is 0 Å². The molecule has 13 nitrogen and oxygen atoms in total. The zero-order chi connectivity index (χ0) is 29.5. The van der Waals surface area contributed by atoms with E-state index < -0.39 is 47.9 Å². The van der Waals surface area contributed by atoms with Gasteiger partial charge < -0.3 is 43.4 Å². The molecular weight excluding hydrogens is 526 g/mol. The number of benzene rings is 1. The fraction of sp³-hybridized carbons (Fsp3) is 0.560. The molecule has 0 saturated carbocycles. The van der Waals surface area contributed by atoms with Gasteiger partial charge in [0.2, 0.25) is 17.7 Å². The minimum Gasteiger partial charge on any atom is -0.508 e. The average molecular weight is 568 g/mol. The van der Waals surface area contributed by atoms with Crippen molar-refractivity contribution in [2.75, 3.05) is 18.6 Å². The van der Waals surface area contributed by atoms with Crippen LogP contribution < -0.4 is 33.2 Å². The number of aliphatic imine (C=N–C) groups is 1. The first-order valence-corrected chi connectivity index (χ1v) is 14.0. The van der Waals surface area contributed by atoms with Crippen LogP contribution in [0, 0.1) is 5.92 Å². The molecule has 0 aliphatic carbocycles. The number of carboxylic acid groups (broad SMARTS) is 1. The van der Waals surface area contributed by atoms with Gasteiger partial charge in [0.1, 0.15) is 23.9 Å². The first kappa shape index (κ1) is 33.5. The number of carboxylic acids is 1. The average Bonchev–Trinajstić information content (AvgIpc) is 2.87. The SMILES string of the molecule is CSCCC(NC(=O)C(Cc1ccc(O)cc1)NC(=O)C(N)C(C)C)C(=O)NC(CCCN=C(N)N)C(=O)O. The quantitative estimate of drug-likeness (QED) is 0.0667. The van der Waals surface area contributed by atoms with Crippen LogP contribution in [0.1, 0.15) is 38.7 Å². The zero-order valence-electron chi connectivity index (χ0n) is 22.6. The Kier molecular flexibility index (Phi) is 14.7. The van der Waals surface area contributed by atoms with E-state index in [9.17, 15) is 29.4 Å². The molecule has 0 aromatic heterocycles. The third-order valence-electron chi connectivity index (χ3n) is 5.83. The number of amides is 3. The summed E-state index contributed by atoms with van der Waals surface area (Å²) in [6.07, 6.45) is 2.52. The van der Waals surface area contributed by atoms with Gasteiger partial charge in [-0.3, -0.25) is 19.4 Å². The van der Waals surface area contributed by atoms with E-state index in [1.165, 1.54) is 23.9 Å². The van der Waals surface area contributed by atoms with Gasteiger partial charge in [-0.25, -0.2) is 4.79 Å². The van der Waals surface area contributed by atoms with Crippen LogP contribution in [-0.2, 0) is 25.6 Å². The molecule has 1 aromatic carbocycles. The number of nitrogens with zero attached hydrogens (tertiary/aromatic N) is 1. The second-order valence-corrected chi connectivity index (χ2v) is 10.4. The Morgan fingerprint density at radius 3 is 2.03 bits per heavy atom. The smallest absolute Gasteiger partial charge is 0.326 e. The number of aromatic hydroxyl groups is 1. The molecule has 0 saturated heterocycles. The number of thioether (sulfide) groups is 1. The van der Waals surface area contributed by atoms with Gasteiger partial charge in [0, 0.05) is 13.0 Å². The van der Waals surface area contributed by atoms with E-state index >= 15 is 0 Å². The Morgan fingerprint density at radius 1 is 0.923 bits per heavy atom. The predicted octanol–water partition coefficient (Wildman–Crippen LogP) is -0.736. The van der Waals surface area contributed by atoms with E-state index in [1.807, 2.05) is 6.26 Å². The Labute approximate surface area is 232 Å². The van der Waals surface area contributed by atoms with Gasteiger partial charge in [-0.1, -0.05) is 26.0 Å². The van der Waals surface area contributed by atoms with Crippen molar-refractivity contribution in [3.8, 4) is 5.75 Å². The van der Waals surface area contributed by atoms with E-state index in [0.29, 0.717) is 17.7 Å². The van der Waals surface area contributed by atoms with Crippen LogP contribution >= 0.6 is 11.8 Å². The van der Waals surface area contributed by atoms with Crippen molar-refractivity contribution in [3.63, 3.8) is 0 Å². The van der Waals surface area contributed by atoms with E-state index in [0.717, 1.165) is 0 Å². The normalized spacial score (nSPS) is 14.0. The minimum atomic E-state index is -1.23. The molecule has 0 aliphatic rings. The van der Waals surface area contributed by atoms with Gasteiger partial charge in [0.15, 0.2) is 5.96 Å². The summed E-state index contributed by atoms with van der Waals surface area (Å²) in [6, 6.07) is 1.94. The summed E-state index contributed by atoms with van der Waals surface area (Å²) >= 11 is 1.45. The molecule has 3 amide bonds. The molecule has 1 rings (SSSR count). The molecule has 4 unspecified atom stereocenters. The monoisotopic (exact) mass is 567 g/mol. The van der Waals surface area contributed by atoms with Gasteiger partial charge in [0.25, 0.3) is 0 Å². The molecule has 1 aromatic rings. The largest absolute Gasteiger partial charge is 0.508 e. The zero-order valence-corrected chi connectivity index (χ0v) is 23.4. The van der Waals surface area contributed by atoms with Gasteiger partial charge >= 0.3 is 5.97 Å². The van der Waals surface area contributed by atoms with Gasteiger partial charge in [-0.05, 0) is 54.9 Å². The summed E-state index contributed by atoms with van der Waals surface area (Å²) in [7, 11) is 0. The summed E-state index contributed by atoms with van der Waals surface area (Å²) in [5.74, 6) is -2.80. The second-order valence-electron chi connectivity index (χ2n) is 9.39. The van der Waals surface area contributed by atoms with E-state index in [4.69, 9.17) is 17.2 Å².